The second-order valence-corrected chi connectivity index (χ2v) is 5.25. The Labute approximate surface area is 122 Å². The summed E-state index contributed by atoms with van der Waals surface area (Å²) in [5.74, 6) is -0.223. The number of nitro benzene ring substituents is 1. The van der Waals surface area contributed by atoms with E-state index in [1.807, 2.05) is 4.90 Å². The number of carbonyl (C=O) groups is 1. The molecule has 1 aliphatic heterocycles. The van der Waals surface area contributed by atoms with E-state index in [0.29, 0.717) is 5.69 Å². The van der Waals surface area contributed by atoms with Gasteiger partial charge in [-0.2, -0.15) is 0 Å². The van der Waals surface area contributed by atoms with Gasteiger partial charge >= 0.3 is 0 Å². The van der Waals surface area contributed by atoms with Gasteiger partial charge in [-0.05, 0) is 31.9 Å². The molecule has 1 aromatic carbocycles. The molecule has 2 N–H and O–H groups in total. The number of benzene rings is 1. The number of aryl methyl sites for hydroxylation is 1. The number of rotatable bonds is 5. The standard InChI is InChI=1S/C14H19N3O4/c1-10-4-5-11(17(20)21)7-13(10)15-14(19)8-16-6-2-3-12(16)9-18/h4-5,7,12,18H,2-3,6,8-9H2,1H3,(H,15,19). The Morgan fingerprint density at radius 1 is 1.57 bits per heavy atom. The summed E-state index contributed by atoms with van der Waals surface area (Å²) in [6.07, 6.45) is 1.86. The van der Waals surface area contributed by atoms with E-state index in [-0.39, 0.29) is 30.8 Å². The highest BCUT2D eigenvalue weighted by Gasteiger charge is 2.25. The van der Waals surface area contributed by atoms with Crippen molar-refractivity contribution in [3.63, 3.8) is 0 Å². The number of likely N-dealkylation sites (tertiary alicyclic amines) is 1. The third kappa shape index (κ3) is 3.77. The highest BCUT2D eigenvalue weighted by molar-refractivity contribution is 5.93. The third-order valence-electron chi connectivity index (χ3n) is 3.76. The highest BCUT2D eigenvalue weighted by atomic mass is 16.6. The molecule has 0 spiro atoms. The maximum absolute atomic E-state index is 12.1. The van der Waals surface area contributed by atoms with E-state index < -0.39 is 4.92 Å². The minimum atomic E-state index is -0.489. The van der Waals surface area contributed by atoms with Gasteiger partial charge in [0.25, 0.3) is 5.69 Å². The molecule has 1 amide bonds. The number of aliphatic hydroxyl groups is 1. The normalized spacial score (nSPS) is 18.7. The van der Waals surface area contributed by atoms with Crippen molar-refractivity contribution in [2.75, 3.05) is 25.0 Å². The molecule has 2 rings (SSSR count). The van der Waals surface area contributed by atoms with Crippen molar-refractivity contribution in [1.29, 1.82) is 0 Å². The van der Waals surface area contributed by atoms with E-state index in [2.05, 4.69) is 5.32 Å². The summed E-state index contributed by atoms with van der Waals surface area (Å²) in [7, 11) is 0. The first-order chi connectivity index (χ1) is 10.0. The van der Waals surface area contributed by atoms with Crippen LogP contribution in [0.2, 0.25) is 0 Å². The average Bonchev–Trinajstić information content (AvgIpc) is 2.88. The Kier molecular flexibility index (Phi) is 4.87. The van der Waals surface area contributed by atoms with Gasteiger partial charge in [0.05, 0.1) is 23.8 Å². The molecule has 1 aliphatic rings. The smallest absolute Gasteiger partial charge is 0.271 e. The largest absolute Gasteiger partial charge is 0.395 e. The van der Waals surface area contributed by atoms with Gasteiger partial charge in [-0.15, -0.1) is 0 Å². The first-order valence-corrected chi connectivity index (χ1v) is 6.91. The molecular weight excluding hydrogens is 274 g/mol. The number of non-ortho nitro benzene ring substituents is 1. The van der Waals surface area contributed by atoms with Crippen LogP contribution in [0.3, 0.4) is 0 Å². The fraction of sp³-hybridized carbons (Fsp3) is 0.500. The average molecular weight is 293 g/mol. The van der Waals surface area contributed by atoms with E-state index in [1.54, 1.807) is 13.0 Å². The summed E-state index contributed by atoms with van der Waals surface area (Å²) in [4.78, 5) is 24.3. The number of anilines is 1. The molecule has 1 aromatic rings. The molecule has 21 heavy (non-hydrogen) atoms. The Morgan fingerprint density at radius 2 is 2.33 bits per heavy atom. The molecule has 114 valence electrons. The maximum Gasteiger partial charge on any atom is 0.271 e. The first kappa shape index (κ1) is 15.4. The van der Waals surface area contributed by atoms with E-state index in [9.17, 15) is 20.0 Å². The maximum atomic E-state index is 12.1. The van der Waals surface area contributed by atoms with Crippen molar-refractivity contribution in [3.05, 3.63) is 33.9 Å². The molecule has 0 aromatic heterocycles. The van der Waals surface area contributed by atoms with Crippen LogP contribution in [0.15, 0.2) is 18.2 Å². The number of amides is 1. The summed E-state index contributed by atoms with van der Waals surface area (Å²) in [5.41, 5.74) is 1.17. The number of carbonyl (C=O) groups excluding carboxylic acids is 1. The monoisotopic (exact) mass is 293 g/mol. The lowest BCUT2D eigenvalue weighted by Crippen LogP contribution is -2.38. The van der Waals surface area contributed by atoms with Crippen molar-refractivity contribution in [1.82, 2.24) is 4.90 Å². The Bertz CT molecular complexity index is 547. The molecule has 1 atom stereocenters. The molecule has 0 bridgehead atoms. The Hall–Kier alpha value is -1.99. The number of hydrogen-bond donors (Lipinski definition) is 2. The van der Waals surface area contributed by atoms with Gasteiger partial charge in [0.15, 0.2) is 0 Å². The second-order valence-electron chi connectivity index (χ2n) is 5.25. The van der Waals surface area contributed by atoms with Crippen molar-refractivity contribution >= 4 is 17.3 Å². The van der Waals surface area contributed by atoms with Crippen LogP contribution in [0.25, 0.3) is 0 Å². The minimum absolute atomic E-state index is 0.0296. The predicted molar refractivity (Wildman–Crippen MR) is 78.1 cm³/mol. The Balaban J connectivity index is 2.02. The zero-order valence-corrected chi connectivity index (χ0v) is 11.9. The first-order valence-electron chi connectivity index (χ1n) is 6.91. The van der Waals surface area contributed by atoms with Crippen LogP contribution < -0.4 is 5.32 Å². The fourth-order valence-electron chi connectivity index (χ4n) is 2.54. The fourth-order valence-corrected chi connectivity index (χ4v) is 2.54. The van der Waals surface area contributed by atoms with Crippen LogP contribution in [0.5, 0.6) is 0 Å². The zero-order chi connectivity index (χ0) is 15.4. The van der Waals surface area contributed by atoms with Crippen LogP contribution in [0.1, 0.15) is 18.4 Å². The van der Waals surface area contributed by atoms with Crippen LogP contribution in [-0.2, 0) is 4.79 Å². The number of nitrogens with one attached hydrogen (secondary N) is 1. The quantitative estimate of drug-likeness (QED) is 0.630. The molecule has 1 fully saturated rings. The van der Waals surface area contributed by atoms with E-state index in [4.69, 9.17) is 0 Å². The van der Waals surface area contributed by atoms with Gasteiger partial charge in [-0.1, -0.05) is 6.07 Å². The van der Waals surface area contributed by atoms with Crippen molar-refractivity contribution in [3.8, 4) is 0 Å². The van der Waals surface area contributed by atoms with Gasteiger partial charge in [0.2, 0.25) is 5.91 Å². The van der Waals surface area contributed by atoms with Crippen LogP contribution in [0, 0.1) is 17.0 Å². The van der Waals surface area contributed by atoms with Gasteiger partial charge in [0, 0.05) is 18.2 Å². The van der Waals surface area contributed by atoms with Crippen LogP contribution in [0.4, 0.5) is 11.4 Å². The predicted octanol–water partition coefficient (Wildman–Crippen LogP) is 1.30. The van der Waals surface area contributed by atoms with Crippen LogP contribution in [-0.4, -0.2) is 46.6 Å². The van der Waals surface area contributed by atoms with Crippen molar-refractivity contribution in [2.45, 2.75) is 25.8 Å². The molecule has 1 heterocycles. The molecule has 0 aliphatic carbocycles. The number of hydrogen-bond acceptors (Lipinski definition) is 5. The molecular formula is C14H19N3O4. The van der Waals surface area contributed by atoms with E-state index in [1.165, 1.54) is 12.1 Å². The molecule has 1 saturated heterocycles. The number of nitrogens with zero attached hydrogens (tertiary/aromatic N) is 2. The van der Waals surface area contributed by atoms with E-state index >= 15 is 0 Å². The van der Waals surface area contributed by atoms with Crippen molar-refractivity contribution in [2.24, 2.45) is 0 Å². The summed E-state index contributed by atoms with van der Waals surface area (Å²) in [6.45, 7) is 2.80. The summed E-state index contributed by atoms with van der Waals surface area (Å²) >= 11 is 0. The van der Waals surface area contributed by atoms with Crippen LogP contribution >= 0.6 is 0 Å². The van der Waals surface area contributed by atoms with Gasteiger partial charge in [-0.25, -0.2) is 0 Å². The van der Waals surface area contributed by atoms with Gasteiger partial charge < -0.3 is 10.4 Å². The molecule has 7 nitrogen and oxygen atoms in total. The summed E-state index contributed by atoms with van der Waals surface area (Å²) in [5, 5.41) is 22.7. The number of aliphatic hydroxyl groups excluding tert-OH is 1. The van der Waals surface area contributed by atoms with Crippen molar-refractivity contribution < 1.29 is 14.8 Å². The van der Waals surface area contributed by atoms with E-state index in [0.717, 1.165) is 24.9 Å². The molecule has 1 unspecified atom stereocenters. The van der Waals surface area contributed by atoms with Gasteiger partial charge in [0.1, 0.15) is 0 Å². The zero-order valence-electron chi connectivity index (χ0n) is 11.9. The summed E-state index contributed by atoms with van der Waals surface area (Å²) < 4.78 is 0. The topological polar surface area (TPSA) is 95.7 Å². The third-order valence-corrected chi connectivity index (χ3v) is 3.76. The lowest BCUT2D eigenvalue weighted by Gasteiger charge is -2.22. The lowest BCUT2D eigenvalue weighted by molar-refractivity contribution is -0.384. The molecule has 7 heteroatoms. The summed E-state index contributed by atoms with van der Waals surface area (Å²) in [6, 6.07) is 4.41. The molecule has 0 saturated carbocycles. The second kappa shape index (κ2) is 6.64. The minimum Gasteiger partial charge on any atom is -0.395 e. The Morgan fingerprint density at radius 3 is 3.00 bits per heavy atom. The molecule has 0 radical (unpaired) electrons. The highest BCUT2D eigenvalue weighted by Crippen LogP contribution is 2.22. The SMILES string of the molecule is Cc1ccc([N+](=O)[O-])cc1NC(=O)CN1CCCC1CO. The van der Waals surface area contributed by atoms with Gasteiger partial charge in [-0.3, -0.25) is 19.8 Å². The lowest BCUT2D eigenvalue weighted by atomic mass is 10.2. The number of nitro groups is 1.